The van der Waals surface area contributed by atoms with Gasteiger partial charge in [0, 0.05) is 34.2 Å². The number of amides is 1. The molecule has 1 heterocycles. The van der Waals surface area contributed by atoms with Gasteiger partial charge < -0.3 is 26.2 Å². The second kappa shape index (κ2) is 9.62. The van der Waals surface area contributed by atoms with E-state index in [0.717, 1.165) is 16.5 Å². The number of aliphatic hydroxyl groups is 3. The summed E-state index contributed by atoms with van der Waals surface area (Å²) < 4.78 is 0. The molecule has 1 saturated carbocycles. The number of aromatic nitrogens is 1. The minimum Gasteiger partial charge on any atom is -0.508 e. The molecule has 1 fully saturated rings. The van der Waals surface area contributed by atoms with Crippen LogP contribution in [-0.4, -0.2) is 73.5 Å². The fourth-order valence-corrected chi connectivity index (χ4v) is 7.11. The Balaban J connectivity index is 1.62. The molecule has 0 spiro atoms. The van der Waals surface area contributed by atoms with Gasteiger partial charge in [-0.2, -0.15) is 0 Å². The van der Waals surface area contributed by atoms with Gasteiger partial charge in [0.1, 0.15) is 22.8 Å². The van der Waals surface area contributed by atoms with Crippen LogP contribution in [0.5, 0.6) is 5.75 Å². The first-order chi connectivity index (χ1) is 20.3. The number of pyridine rings is 1. The van der Waals surface area contributed by atoms with Crippen LogP contribution < -0.4 is 5.73 Å². The van der Waals surface area contributed by atoms with Crippen LogP contribution in [0.3, 0.4) is 0 Å². The molecular formula is C33H31N3O7. The fraction of sp³-hybridized carbons (Fsp3) is 0.273. The molecule has 3 aromatic rings. The highest BCUT2D eigenvalue weighted by atomic mass is 16.3. The predicted molar refractivity (Wildman–Crippen MR) is 160 cm³/mol. The quantitative estimate of drug-likeness (QED) is 0.290. The molecule has 0 radical (unpaired) electrons. The van der Waals surface area contributed by atoms with E-state index >= 15 is 0 Å². The third kappa shape index (κ3) is 3.87. The molecule has 0 bridgehead atoms. The summed E-state index contributed by atoms with van der Waals surface area (Å²) in [6, 6.07) is 10.2. The molecule has 3 aliphatic rings. The molecule has 10 nitrogen and oxygen atoms in total. The van der Waals surface area contributed by atoms with Gasteiger partial charge in [-0.15, -0.1) is 0 Å². The van der Waals surface area contributed by atoms with Crippen LogP contribution in [0.2, 0.25) is 0 Å². The third-order valence-electron chi connectivity index (χ3n) is 9.08. The largest absolute Gasteiger partial charge is 0.508 e. The number of likely N-dealkylation sites (N-methyl/N-ethyl adjacent to an activating group) is 1. The molecule has 10 heteroatoms. The van der Waals surface area contributed by atoms with Crippen molar-refractivity contribution in [1.29, 1.82) is 0 Å². The maximum atomic E-state index is 14.2. The molecule has 43 heavy (non-hydrogen) atoms. The van der Waals surface area contributed by atoms with E-state index < -0.39 is 58.0 Å². The summed E-state index contributed by atoms with van der Waals surface area (Å²) in [7, 11) is 3.13. The summed E-state index contributed by atoms with van der Waals surface area (Å²) in [6.07, 6.45) is 1.87. The Labute approximate surface area is 247 Å². The van der Waals surface area contributed by atoms with Gasteiger partial charge in [-0.1, -0.05) is 24.8 Å². The number of hydrogen-bond acceptors (Lipinski definition) is 9. The van der Waals surface area contributed by atoms with Crippen molar-refractivity contribution in [1.82, 2.24) is 9.88 Å². The highest BCUT2D eigenvalue weighted by Gasteiger charge is 2.64. The van der Waals surface area contributed by atoms with Gasteiger partial charge in [-0.3, -0.25) is 24.3 Å². The fourth-order valence-electron chi connectivity index (χ4n) is 7.11. The first-order valence-corrected chi connectivity index (χ1v) is 13.8. The number of benzene rings is 2. The number of ketones is 2. The van der Waals surface area contributed by atoms with Gasteiger partial charge in [0.05, 0.1) is 17.1 Å². The van der Waals surface area contributed by atoms with Crippen molar-refractivity contribution in [3.05, 3.63) is 82.8 Å². The molecule has 2 aromatic carbocycles. The van der Waals surface area contributed by atoms with Crippen molar-refractivity contribution in [2.75, 3.05) is 14.1 Å². The van der Waals surface area contributed by atoms with E-state index in [1.54, 1.807) is 33.3 Å². The smallest absolute Gasteiger partial charge is 0.255 e. The molecule has 0 saturated heterocycles. The Morgan fingerprint density at radius 2 is 1.84 bits per heavy atom. The number of allylic oxidation sites excluding steroid dienone is 1. The van der Waals surface area contributed by atoms with Crippen LogP contribution in [0.15, 0.2) is 66.1 Å². The zero-order valence-corrected chi connectivity index (χ0v) is 23.9. The Kier molecular flexibility index (Phi) is 6.33. The van der Waals surface area contributed by atoms with Crippen molar-refractivity contribution < 1.29 is 34.8 Å². The topological polar surface area (TPSA) is 174 Å². The molecule has 1 amide bonds. The van der Waals surface area contributed by atoms with Gasteiger partial charge in [0.2, 0.25) is 5.78 Å². The van der Waals surface area contributed by atoms with Crippen molar-refractivity contribution in [3.8, 4) is 16.9 Å². The second-order valence-corrected chi connectivity index (χ2v) is 11.8. The van der Waals surface area contributed by atoms with Crippen LogP contribution in [0.1, 0.15) is 30.0 Å². The molecule has 6 rings (SSSR count). The molecule has 220 valence electrons. The van der Waals surface area contributed by atoms with Crippen LogP contribution in [0, 0.1) is 11.8 Å². The second-order valence-electron chi connectivity index (χ2n) is 11.8. The van der Waals surface area contributed by atoms with Crippen LogP contribution in [0.25, 0.3) is 33.4 Å². The molecular weight excluding hydrogens is 550 g/mol. The summed E-state index contributed by atoms with van der Waals surface area (Å²) in [4.78, 5) is 45.8. The number of phenolic OH excluding ortho intramolecular Hbond substituents is 1. The number of rotatable bonds is 4. The van der Waals surface area contributed by atoms with Gasteiger partial charge in [0.25, 0.3) is 5.91 Å². The number of fused-ring (bicyclic) bond motifs is 4. The lowest BCUT2D eigenvalue weighted by Crippen LogP contribution is -2.65. The van der Waals surface area contributed by atoms with E-state index in [9.17, 15) is 34.8 Å². The summed E-state index contributed by atoms with van der Waals surface area (Å²) >= 11 is 0. The standard InChI is InChI=1S/C33H31N3O7/c1-14(2)18-12-19(17-9-15-7-5-6-8-22(15)35-13-17)20-10-16-11-21-26(36(3)4)29(39)25(32(34)42)31(41)33(21,43)30(40)23(16)28(38)24(20)27(18)37/h5-9,12-13,16,21,26,37-38,41,43H,1,10-11H2,2-4H3,(H2,34,42)/t16-,21-,26-,33-/m0/s1. The Hall–Kier alpha value is -4.80. The zero-order valence-electron chi connectivity index (χ0n) is 23.9. The minimum absolute atomic E-state index is 0.00414. The van der Waals surface area contributed by atoms with Crippen molar-refractivity contribution in [3.63, 3.8) is 0 Å². The Bertz CT molecular complexity index is 1870. The van der Waals surface area contributed by atoms with Crippen molar-refractivity contribution in [2.45, 2.75) is 31.4 Å². The normalized spacial score (nSPS) is 25.1. The van der Waals surface area contributed by atoms with E-state index in [4.69, 9.17) is 5.73 Å². The number of Topliss-reactive ketones (excluding diaryl/α,β-unsaturated/α-hetero) is 2. The van der Waals surface area contributed by atoms with E-state index in [-0.39, 0.29) is 29.7 Å². The molecule has 3 aliphatic carbocycles. The van der Waals surface area contributed by atoms with E-state index in [2.05, 4.69) is 11.6 Å². The van der Waals surface area contributed by atoms with Crippen LogP contribution in [-0.2, 0) is 20.8 Å². The highest BCUT2D eigenvalue weighted by molar-refractivity contribution is 6.24. The first-order valence-electron chi connectivity index (χ1n) is 13.8. The Morgan fingerprint density at radius 3 is 2.49 bits per heavy atom. The lowest BCUT2D eigenvalue weighted by Gasteiger charge is -2.50. The monoisotopic (exact) mass is 581 g/mol. The van der Waals surface area contributed by atoms with E-state index in [0.29, 0.717) is 22.3 Å². The number of aliphatic hydroxyl groups excluding tert-OH is 2. The number of carbonyl (C=O) groups excluding carboxylic acids is 3. The maximum Gasteiger partial charge on any atom is 0.255 e. The Morgan fingerprint density at radius 1 is 1.14 bits per heavy atom. The highest BCUT2D eigenvalue weighted by Crippen LogP contribution is 2.54. The van der Waals surface area contributed by atoms with Gasteiger partial charge in [0.15, 0.2) is 11.4 Å². The number of nitrogens with two attached hydrogens (primary N) is 1. The first kappa shape index (κ1) is 28.3. The lowest BCUT2D eigenvalue weighted by atomic mass is 9.57. The van der Waals surface area contributed by atoms with Gasteiger partial charge >= 0.3 is 0 Å². The summed E-state index contributed by atoms with van der Waals surface area (Å²) in [5.74, 6) is -6.92. The molecule has 6 N–H and O–H groups in total. The molecule has 0 aliphatic heterocycles. The van der Waals surface area contributed by atoms with Crippen LogP contribution in [0.4, 0.5) is 0 Å². The summed E-state index contributed by atoms with van der Waals surface area (Å²) in [5.41, 5.74) is 5.27. The number of aromatic hydroxyl groups is 1. The number of para-hydroxylation sites is 1. The minimum atomic E-state index is -2.70. The van der Waals surface area contributed by atoms with Gasteiger partial charge in [-0.25, -0.2) is 0 Å². The SMILES string of the molecule is C=C(C)c1cc(-c2cnc3ccccc3c2)c2c(c1O)C(O)=C1C(=O)[C@]3(O)C(O)=C(C(N)=O)C(=O)[C@@H](N(C)C)[C@@H]3C[C@@H]1C2. The van der Waals surface area contributed by atoms with Gasteiger partial charge in [-0.05, 0) is 74.7 Å². The summed E-state index contributed by atoms with van der Waals surface area (Å²) in [5, 5.41) is 46.9. The lowest BCUT2D eigenvalue weighted by molar-refractivity contribution is -0.153. The molecule has 1 aromatic heterocycles. The number of hydrogen-bond donors (Lipinski definition) is 5. The van der Waals surface area contributed by atoms with E-state index in [1.807, 2.05) is 30.3 Å². The van der Waals surface area contributed by atoms with Crippen LogP contribution >= 0.6 is 0 Å². The maximum absolute atomic E-state index is 14.2. The van der Waals surface area contributed by atoms with E-state index in [1.165, 1.54) is 4.90 Å². The number of phenols is 1. The zero-order chi connectivity index (χ0) is 31.1. The van der Waals surface area contributed by atoms with Crippen molar-refractivity contribution in [2.24, 2.45) is 17.6 Å². The molecule has 0 unspecified atom stereocenters. The third-order valence-corrected chi connectivity index (χ3v) is 9.08. The summed E-state index contributed by atoms with van der Waals surface area (Å²) in [6.45, 7) is 5.67. The average Bonchev–Trinajstić information content (AvgIpc) is 2.94. The number of primary amides is 1. The number of nitrogens with zero attached hydrogens (tertiary/aromatic N) is 2. The molecule has 4 atom stereocenters. The number of carbonyl (C=O) groups is 3. The predicted octanol–water partition coefficient (Wildman–Crippen LogP) is 3.21. The van der Waals surface area contributed by atoms with Crippen molar-refractivity contribution >= 4 is 39.7 Å². The average molecular weight is 582 g/mol.